The number of hydrogen-bond donors (Lipinski definition) is 3. The molecule has 4 heterocycles. The molecular weight excluding hydrogens is 366 g/mol. The molecule has 8 heteroatoms. The second-order valence-corrected chi connectivity index (χ2v) is 7.64. The van der Waals surface area contributed by atoms with E-state index >= 15 is 0 Å². The van der Waals surface area contributed by atoms with E-state index in [4.69, 9.17) is 5.73 Å². The zero-order valence-corrected chi connectivity index (χ0v) is 16.6. The van der Waals surface area contributed by atoms with Crippen LogP contribution in [-0.4, -0.2) is 36.4 Å². The highest BCUT2D eigenvalue weighted by atomic mass is 16.3. The summed E-state index contributed by atoms with van der Waals surface area (Å²) < 4.78 is 1.72. The van der Waals surface area contributed by atoms with Gasteiger partial charge in [-0.1, -0.05) is 0 Å². The first-order valence-corrected chi connectivity index (χ1v) is 9.28. The van der Waals surface area contributed by atoms with Gasteiger partial charge in [0.05, 0.1) is 29.7 Å². The van der Waals surface area contributed by atoms with Crippen molar-refractivity contribution in [2.24, 2.45) is 0 Å². The maximum absolute atomic E-state index is 9.51. The normalized spacial score (nSPS) is 11.7. The van der Waals surface area contributed by atoms with Crippen LogP contribution in [0.15, 0.2) is 49.2 Å². The first-order chi connectivity index (χ1) is 13.9. The Morgan fingerprint density at radius 3 is 2.79 bits per heavy atom. The second-order valence-electron chi connectivity index (χ2n) is 7.64. The maximum atomic E-state index is 9.51. The second kappa shape index (κ2) is 7.14. The highest BCUT2D eigenvalue weighted by Gasteiger charge is 2.20. The van der Waals surface area contributed by atoms with Gasteiger partial charge in [0.2, 0.25) is 0 Å². The van der Waals surface area contributed by atoms with Crippen LogP contribution in [0.2, 0.25) is 0 Å². The zero-order chi connectivity index (χ0) is 20.6. The third-order valence-electron chi connectivity index (χ3n) is 4.92. The fourth-order valence-electron chi connectivity index (χ4n) is 3.05. The lowest BCUT2D eigenvalue weighted by molar-refractivity contribution is 0.152. The molecule has 0 fully saturated rings. The topological polar surface area (TPSA) is 115 Å². The van der Waals surface area contributed by atoms with Crippen molar-refractivity contribution in [2.75, 3.05) is 17.7 Å². The molecule has 8 nitrogen and oxygen atoms in total. The lowest BCUT2D eigenvalue weighted by Crippen LogP contribution is -2.30. The highest BCUT2D eigenvalue weighted by molar-refractivity contribution is 5.94. The van der Waals surface area contributed by atoms with Gasteiger partial charge in [-0.3, -0.25) is 9.67 Å². The third-order valence-corrected chi connectivity index (χ3v) is 4.92. The van der Waals surface area contributed by atoms with Crippen molar-refractivity contribution in [1.82, 2.24) is 24.7 Å². The van der Waals surface area contributed by atoms with E-state index in [1.54, 1.807) is 29.5 Å². The molecule has 0 saturated heterocycles. The van der Waals surface area contributed by atoms with E-state index < -0.39 is 5.54 Å². The summed E-state index contributed by atoms with van der Waals surface area (Å²) in [5, 5.41) is 18.8. The van der Waals surface area contributed by atoms with Gasteiger partial charge in [-0.15, -0.1) is 0 Å². The molecule has 0 aliphatic carbocycles. The van der Waals surface area contributed by atoms with E-state index in [9.17, 15) is 5.11 Å². The fraction of sp³-hybridized carbons (Fsp3) is 0.238. The van der Waals surface area contributed by atoms with Gasteiger partial charge in [0, 0.05) is 35.7 Å². The standard InChI is InChI=1S/C21H23N7O/c1-13-4-5-23-9-16(13)18-6-14-7-19(24-10-17(14)20(22)27-18)26-15-8-25-28(11-15)21(2,3)12-29/h4-11,29H,12H2,1-3H3,(H2,22,27)(H,24,26). The number of anilines is 3. The zero-order valence-electron chi connectivity index (χ0n) is 16.6. The summed E-state index contributed by atoms with van der Waals surface area (Å²) in [5.74, 6) is 1.09. The summed E-state index contributed by atoms with van der Waals surface area (Å²) in [5.41, 5.74) is 9.29. The van der Waals surface area contributed by atoms with E-state index in [0.29, 0.717) is 11.6 Å². The number of nitrogens with two attached hydrogens (primary N) is 1. The van der Waals surface area contributed by atoms with Crippen LogP contribution < -0.4 is 11.1 Å². The maximum Gasteiger partial charge on any atom is 0.133 e. The molecule has 0 radical (unpaired) electrons. The number of nitrogens with one attached hydrogen (secondary N) is 1. The quantitative estimate of drug-likeness (QED) is 0.480. The van der Waals surface area contributed by atoms with Crippen molar-refractivity contribution < 1.29 is 5.11 Å². The average Bonchev–Trinajstić information content (AvgIpc) is 3.17. The van der Waals surface area contributed by atoms with E-state index in [0.717, 1.165) is 33.3 Å². The van der Waals surface area contributed by atoms with E-state index in [1.165, 1.54) is 0 Å². The fourth-order valence-corrected chi connectivity index (χ4v) is 3.05. The van der Waals surface area contributed by atoms with Crippen LogP contribution >= 0.6 is 0 Å². The van der Waals surface area contributed by atoms with Gasteiger partial charge in [0.25, 0.3) is 0 Å². The minimum Gasteiger partial charge on any atom is -0.394 e. The predicted molar refractivity (Wildman–Crippen MR) is 114 cm³/mol. The Balaban J connectivity index is 1.70. The Bertz CT molecular complexity index is 1180. The molecule has 0 atom stereocenters. The molecule has 0 bridgehead atoms. The number of aliphatic hydroxyl groups excluding tert-OH is 1. The molecule has 148 valence electrons. The van der Waals surface area contributed by atoms with Gasteiger partial charge < -0.3 is 16.2 Å². The van der Waals surface area contributed by atoms with E-state index in [-0.39, 0.29) is 6.61 Å². The summed E-state index contributed by atoms with van der Waals surface area (Å²) >= 11 is 0. The number of nitrogen functional groups attached to an aromatic ring is 1. The Hall–Kier alpha value is -3.52. The largest absolute Gasteiger partial charge is 0.394 e. The molecule has 0 unspecified atom stereocenters. The molecular formula is C21H23N7O. The molecule has 0 aliphatic heterocycles. The van der Waals surface area contributed by atoms with Gasteiger partial charge in [0.15, 0.2) is 0 Å². The summed E-state index contributed by atoms with van der Waals surface area (Å²) in [6.07, 6.45) is 8.80. The number of aromatic nitrogens is 5. The highest BCUT2D eigenvalue weighted by Crippen LogP contribution is 2.29. The van der Waals surface area contributed by atoms with Crippen molar-refractivity contribution in [3.8, 4) is 11.3 Å². The van der Waals surface area contributed by atoms with Crippen LogP contribution in [0.25, 0.3) is 22.0 Å². The van der Waals surface area contributed by atoms with E-state index in [2.05, 4.69) is 25.4 Å². The van der Waals surface area contributed by atoms with Crippen LogP contribution in [0.3, 0.4) is 0 Å². The number of aryl methyl sites for hydroxylation is 1. The molecule has 4 rings (SSSR count). The first-order valence-electron chi connectivity index (χ1n) is 9.28. The lowest BCUT2D eigenvalue weighted by Gasteiger charge is -2.21. The van der Waals surface area contributed by atoms with E-state index in [1.807, 2.05) is 45.2 Å². The molecule has 0 aromatic carbocycles. The summed E-state index contributed by atoms with van der Waals surface area (Å²) in [6.45, 7) is 5.83. The van der Waals surface area contributed by atoms with Gasteiger partial charge >= 0.3 is 0 Å². The number of rotatable bonds is 5. The van der Waals surface area contributed by atoms with Gasteiger partial charge in [0.1, 0.15) is 11.6 Å². The van der Waals surface area contributed by atoms with Crippen molar-refractivity contribution in [1.29, 1.82) is 0 Å². The van der Waals surface area contributed by atoms with Crippen LogP contribution in [-0.2, 0) is 5.54 Å². The van der Waals surface area contributed by atoms with Gasteiger partial charge in [-0.25, -0.2) is 9.97 Å². The number of aliphatic hydroxyl groups is 1. The van der Waals surface area contributed by atoms with Gasteiger partial charge in [-0.2, -0.15) is 5.10 Å². The van der Waals surface area contributed by atoms with Crippen molar-refractivity contribution in [2.45, 2.75) is 26.3 Å². The summed E-state index contributed by atoms with van der Waals surface area (Å²) in [4.78, 5) is 13.2. The van der Waals surface area contributed by atoms with Crippen LogP contribution in [0.5, 0.6) is 0 Å². The molecule has 0 aliphatic rings. The molecule has 4 N–H and O–H groups in total. The number of fused-ring (bicyclic) bond motifs is 1. The van der Waals surface area contributed by atoms with Crippen molar-refractivity contribution in [3.63, 3.8) is 0 Å². The number of hydrogen-bond acceptors (Lipinski definition) is 7. The smallest absolute Gasteiger partial charge is 0.133 e. The number of nitrogens with zero attached hydrogens (tertiary/aromatic N) is 5. The van der Waals surface area contributed by atoms with Crippen LogP contribution in [0, 0.1) is 6.92 Å². The molecule has 0 saturated carbocycles. The minimum atomic E-state index is -0.479. The Kier molecular flexibility index (Phi) is 4.63. The Morgan fingerprint density at radius 2 is 2.03 bits per heavy atom. The third kappa shape index (κ3) is 3.62. The van der Waals surface area contributed by atoms with Crippen LogP contribution in [0.1, 0.15) is 19.4 Å². The predicted octanol–water partition coefficient (Wildman–Crippen LogP) is 3.25. The SMILES string of the molecule is Cc1ccncc1-c1cc2cc(Nc3cnn(C(C)(C)CO)c3)ncc2c(N)n1. The van der Waals surface area contributed by atoms with Gasteiger partial charge in [-0.05, 0) is 49.9 Å². The average molecular weight is 389 g/mol. The first kappa shape index (κ1) is 18.8. The van der Waals surface area contributed by atoms with Crippen molar-refractivity contribution in [3.05, 3.63) is 54.7 Å². The molecule has 4 aromatic heterocycles. The summed E-state index contributed by atoms with van der Waals surface area (Å²) in [7, 11) is 0. The minimum absolute atomic E-state index is 0.00877. The molecule has 0 spiro atoms. The van der Waals surface area contributed by atoms with Crippen LogP contribution in [0.4, 0.5) is 17.3 Å². The van der Waals surface area contributed by atoms with Crippen molar-refractivity contribution >= 4 is 28.1 Å². The Labute approximate surface area is 168 Å². The molecule has 0 amide bonds. The lowest BCUT2D eigenvalue weighted by atomic mass is 10.1. The number of pyridine rings is 3. The summed E-state index contributed by atoms with van der Waals surface area (Å²) in [6, 6.07) is 5.86. The monoisotopic (exact) mass is 389 g/mol. The Morgan fingerprint density at radius 1 is 1.21 bits per heavy atom. The molecule has 29 heavy (non-hydrogen) atoms. The molecule has 4 aromatic rings.